The zero-order valence-electron chi connectivity index (χ0n) is 21.4. The molecule has 2 aromatic rings. The average Bonchev–Trinajstić information content (AvgIpc) is 3.47. The van der Waals surface area contributed by atoms with Crippen molar-refractivity contribution in [2.75, 3.05) is 12.4 Å². The Morgan fingerprint density at radius 2 is 1.64 bits per heavy atom. The lowest BCUT2D eigenvalue weighted by molar-refractivity contribution is -0.112. The second-order valence-electron chi connectivity index (χ2n) is 9.96. The SMILES string of the molecule is COc1cc(=O)c2c(=O)c3c(c(=O)c=2c1=O)=C(O)C1(CCc2c1c(O)c1c(=O)[nH]c(C=CC(=O)CBr)cc1c2Br)C=3O. The number of fused-ring (bicyclic) bond motifs is 4. The first-order chi connectivity index (χ1) is 19.9. The molecule has 6 rings (SSSR count). The number of aromatic amines is 1. The predicted molar refractivity (Wildman–Crippen MR) is 159 cm³/mol. The fourth-order valence-corrected chi connectivity index (χ4v) is 7.03. The van der Waals surface area contributed by atoms with Crippen LogP contribution >= 0.6 is 31.9 Å². The minimum atomic E-state index is -2.02. The highest BCUT2D eigenvalue weighted by Crippen LogP contribution is 2.56. The van der Waals surface area contributed by atoms with Gasteiger partial charge in [0.15, 0.2) is 17.0 Å². The Morgan fingerprint density at radius 3 is 2.26 bits per heavy atom. The summed E-state index contributed by atoms with van der Waals surface area (Å²) in [5.41, 5.74) is -6.52. The molecule has 0 fully saturated rings. The molecule has 0 amide bonds. The van der Waals surface area contributed by atoms with Crippen LogP contribution in [0.15, 0.2) is 46.7 Å². The van der Waals surface area contributed by atoms with Gasteiger partial charge in [-0.05, 0) is 52.6 Å². The topological polar surface area (TPSA) is 188 Å². The van der Waals surface area contributed by atoms with Crippen LogP contribution in [-0.2, 0) is 16.6 Å². The van der Waals surface area contributed by atoms with Gasteiger partial charge in [0, 0.05) is 27.2 Å². The van der Waals surface area contributed by atoms with Crippen LogP contribution < -0.4 is 42.4 Å². The van der Waals surface area contributed by atoms with Crippen molar-refractivity contribution < 1.29 is 24.9 Å². The third kappa shape index (κ3) is 3.37. The molecule has 0 bridgehead atoms. The van der Waals surface area contributed by atoms with Crippen LogP contribution in [0, 0.1) is 10.4 Å². The van der Waals surface area contributed by atoms with Gasteiger partial charge in [-0.25, -0.2) is 0 Å². The number of ketones is 1. The number of alkyl halides is 1. The van der Waals surface area contributed by atoms with Gasteiger partial charge in [-0.15, -0.1) is 0 Å². The Bertz CT molecular complexity index is 2460. The maximum Gasteiger partial charge on any atom is 0.260 e. The lowest BCUT2D eigenvalue weighted by atomic mass is 9.78. The summed E-state index contributed by atoms with van der Waals surface area (Å²) in [4.78, 5) is 80.3. The number of benzene rings is 1. The van der Waals surface area contributed by atoms with Crippen LogP contribution in [-0.4, -0.2) is 38.5 Å². The molecule has 4 aliphatic carbocycles. The summed E-state index contributed by atoms with van der Waals surface area (Å²) in [5, 5.41) is 31.9. The van der Waals surface area contributed by atoms with E-state index in [0.29, 0.717) is 10.0 Å². The maximum atomic E-state index is 13.6. The number of methoxy groups -OCH3 is 1. The molecular weight excluding hydrogens is 682 g/mol. The van der Waals surface area contributed by atoms with E-state index in [1.165, 1.54) is 18.2 Å². The van der Waals surface area contributed by atoms with Crippen LogP contribution in [0.5, 0.6) is 11.5 Å². The van der Waals surface area contributed by atoms with E-state index in [-0.39, 0.29) is 46.0 Å². The van der Waals surface area contributed by atoms with Crippen molar-refractivity contribution in [2.24, 2.45) is 0 Å². The highest BCUT2D eigenvalue weighted by atomic mass is 79.9. The minimum Gasteiger partial charge on any atom is -0.510 e. The van der Waals surface area contributed by atoms with Gasteiger partial charge in [0.25, 0.3) is 5.56 Å². The number of phenolic OH excluding ortho intramolecular Hbond substituents is 1. The number of aliphatic hydroxyl groups excluding tert-OH is 2. The number of ether oxygens (including phenoxy) is 1. The van der Waals surface area contributed by atoms with Crippen molar-refractivity contribution in [2.45, 2.75) is 18.3 Å². The molecule has 42 heavy (non-hydrogen) atoms. The number of rotatable bonds is 4. The Labute approximate surface area is 249 Å². The van der Waals surface area contributed by atoms with Crippen molar-refractivity contribution in [1.82, 2.24) is 4.98 Å². The van der Waals surface area contributed by atoms with E-state index in [4.69, 9.17) is 4.74 Å². The number of pyridine rings is 1. The van der Waals surface area contributed by atoms with E-state index in [1.807, 2.05) is 0 Å². The highest BCUT2D eigenvalue weighted by molar-refractivity contribution is 9.10. The summed E-state index contributed by atoms with van der Waals surface area (Å²) in [6.45, 7) is 0. The number of hydrogen-bond donors (Lipinski definition) is 4. The molecule has 1 heterocycles. The number of H-pyrrole nitrogens is 1. The number of carbonyl (C=O) groups is 1. The number of halogens is 2. The van der Waals surface area contributed by atoms with E-state index in [1.54, 1.807) is 0 Å². The zero-order valence-corrected chi connectivity index (χ0v) is 24.6. The van der Waals surface area contributed by atoms with Crippen LogP contribution in [0.2, 0.25) is 0 Å². The number of phenols is 1. The van der Waals surface area contributed by atoms with Crippen molar-refractivity contribution in [3.05, 3.63) is 112 Å². The molecule has 0 aliphatic heterocycles. The number of aromatic hydroxyl groups is 1. The van der Waals surface area contributed by atoms with Crippen molar-refractivity contribution in [3.63, 3.8) is 0 Å². The first-order valence-corrected chi connectivity index (χ1v) is 14.3. The summed E-state index contributed by atoms with van der Waals surface area (Å²) in [7, 11) is 1.11. The molecular formula is C29H17Br2NO10. The van der Waals surface area contributed by atoms with Crippen molar-refractivity contribution in [3.8, 4) is 11.5 Å². The minimum absolute atomic E-state index is 0.0786. The van der Waals surface area contributed by atoms with Crippen LogP contribution in [0.25, 0.3) is 28.4 Å². The molecule has 0 saturated heterocycles. The summed E-state index contributed by atoms with van der Waals surface area (Å²) >= 11 is 6.52. The Kier molecular flexibility index (Phi) is 6.17. The fourth-order valence-electron chi connectivity index (χ4n) is 6.13. The zero-order chi connectivity index (χ0) is 30.4. The standard InChI is InChI=1S/C29H17Br2NO10/c1-42-14-7-13(34)16-17(22(14)35)24(37)19-18(23(16)36)26(39)29(27(19)40)5-4-11-20(29)25(38)15-12(21(11)31)6-9(32-28(15)41)2-3-10(33)8-30/h2-3,6-7,38-40H,4-5,8H2,1H3,(H,32,41). The molecule has 1 aromatic heterocycles. The number of aromatic nitrogens is 1. The number of carbonyl (C=O) groups excluding carboxylic acids is 1. The highest BCUT2D eigenvalue weighted by Gasteiger charge is 2.53. The van der Waals surface area contributed by atoms with Crippen LogP contribution in [0.4, 0.5) is 0 Å². The van der Waals surface area contributed by atoms with E-state index in [9.17, 15) is 44.1 Å². The number of nitrogens with one attached hydrogen (secondary N) is 1. The van der Waals surface area contributed by atoms with Gasteiger partial charge in [-0.1, -0.05) is 15.9 Å². The lowest BCUT2D eigenvalue weighted by Gasteiger charge is -2.27. The molecule has 0 radical (unpaired) electrons. The van der Waals surface area contributed by atoms with E-state index >= 15 is 0 Å². The fraction of sp³-hybridized carbons (Fsp3) is 0.172. The molecule has 11 nitrogen and oxygen atoms in total. The average molecular weight is 699 g/mol. The second-order valence-corrected chi connectivity index (χ2v) is 11.3. The number of aliphatic hydroxyl groups is 2. The van der Waals surface area contributed by atoms with E-state index in [0.717, 1.165) is 13.2 Å². The summed E-state index contributed by atoms with van der Waals surface area (Å²) in [5.74, 6) is -2.90. The second kappa shape index (κ2) is 9.33. The molecule has 1 unspecified atom stereocenters. The van der Waals surface area contributed by atoms with E-state index < -0.39 is 76.6 Å². The Hall–Kier alpha value is -4.36. The number of hydrogen-bond acceptors (Lipinski definition) is 10. The molecule has 0 saturated carbocycles. The maximum absolute atomic E-state index is 13.6. The molecule has 13 heteroatoms. The van der Waals surface area contributed by atoms with Gasteiger partial charge in [-0.2, -0.15) is 0 Å². The molecule has 4 aliphatic rings. The van der Waals surface area contributed by atoms with Gasteiger partial charge in [-0.3, -0.25) is 28.8 Å². The van der Waals surface area contributed by atoms with Crippen LogP contribution in [0.1, 0.15) is 23.2 Å². The summed E-state index contributed by atoms with van der Waals surface area (Å²) in [6, 6.07) is 2.30. The Morgan fingerprint density at radius 1 is 1.00 bits per heavy atom. The lowest BCUT2D eigenvalue weighted by Crippen LogP contribution is -2.51. The van der Waals surface area contributed by atoms with Gasteiger partial charge in [0.1, 0.15) is 22.7 Å². The first-order valence-electron chi connectivity index (χ1n) is 12.3. The van der Waals surface area contributed by atoms with Crippen molar-refractivity contribution >= 4 is 66.0 Å². The largest absolute Gasteiger partial charge is 0.510 e. The third-order valence-electron chi connectivity index (χ3n) is 7.96. The Balaban J connectivity index is 1.75. The molecule has 1 aromatic carbocycles. The quantitative estimate of drug-likeness (QED) is 0.170. The normalized spacial score (nSPS) is 17.6. The van der Waals surface area contributed by atoms with Crippen molar-refractivity contribution in [1.29, 1.82) is 0 Å². The predicted octanol–water partition coefficient (Wildman–Crippen LogP) is 0.253. The summed E-state index contributed by atoms with van der Waals surface area (Å²) < 4.78 is 5.23. The smallest absolute Gasteiger partial charge is 0.260 e. The van der Waals surface area contributed by atoms with Gasteiger partial charge in [0.2, 0.25) is 16.3 Å². The third-order valence-corrected chi connectivity index (χ3v) is 9.42. The molecule has 1 spiro atoms. The van der Waals surface area contributed by atoms with E-state index in [2.05, 4.69) is 36.8 Å². The molecule has 1 atom stereocenters. The summed E-state index contributed by atoms with van der Waals surface area (Å²) in [6.07, 6.45) is 2.64. The van der Waals surface area contributed by atoms with Gasteiger partial charge < -0.3 is 25.0 Å². The first kappa shape index (κ1) is 27.8. The molecule has 4 N–H and O–H groups in total. The monoisotopic (exact) mass is 697 g/mol. The van der Waals surface area contributed by atoms with Crippen LogP contribution in [0.3, 0.4) is 0 Å². The van der Waals surface area contributed by atoms with Gasteiger partial charge in [0.05, 0.1) is 38.7 Å². The molecule has 212 valence electrons. The number of allylic oxidation sites excluding steroid dienone is 1. The van der Waals surface area contributed by atoms with Gasteiger partial charge >= 0.3 is 0 Å².